The third-order valence-electron chi connectivity index (χ3n) is 3.61. The molecule has 1 aromatic heterocycles. The van der Waals surface area contributed by atoms with Gasteiger partial charge in [-0.3, -0.25) is 0 Å². The number of rotatable bonds is 1. The van der Waals surface area contributed by atoms with Gasteiger partial charge in [-0.25, -0.2) is 4.98 Å². The molecule has 0 atom stereocenters. The molecule has 1 aromatic rings. The van der Waals surface area contributed by atoms with Crippen molar-refractivity contribution < 1.29 is 0 Å². The van der Waals surface area contributed by atoms with Crippen molar-refractivity contribution in [2.45, 2.75) is 38.8 Å². The predicted octanol–water partition coefficient (Wildman–Crippen LogP) is 2.12. The minimum absolute atomic E-state index is 0.617. The van der Waals surface area contributed by atoms with Crippen LogP contribution in [0, 0.1) is 4.77 Å². The summed E-state index contributed by atoms with van der Waals surface area (Å²) in [7, 11) is 0. The average Bonchev–Trinajstić information content (AvgIpc) is 2.62. The van der Waals surface area contributed by atoms with Gasteiger partial charge in [0.2, 0.25) is 0 Å². The van der Waals surface area contributed by atoms with E-state index in [-0.39, 0.29) is 0 Å². The lowest BCUT2D eigenvalue weighted by molar-refractivity contribution is 0.726. The molecule has 0 spiro atoms. The van der Waals surface area contributed by atoms with Gasteiger partial charge in [0.15, 0.2) is 4.77 Å². The van der Waals surface area contributed by atoms with Gasteiger partial charge >= 0.3 is 0 Å². The van der Waals surface area contributed by atoms with Crippen molar-refractivity contribution >= 4 is 18.0 Å². The molecule has 0 unspecified atom stereocenters. The number of aromatic amines is 1. The second-order valence-corrected chi connectivity index (χ2v) is 5.21. The summed E-state index contributed by atoms with van der Waals surface area (Å²) in [6, 6.07) is 0. The summed E-state index contributed by atoms with van der Waals surface area (Å²) in [5, 5.41) is 3.37. The molecule has 0 amide bonds. The number of hydrogen-bond acceptors (Lipinski definition) is 4. The van der Waals surface area contributed by atoms with Crippen LogP contribution in [0.1, 0.15) is 36.9 Å². The highest BCUT2D eigenvalue weighted by Gasteiger charge is 2.21. The van der Waals surface area contributed by atoms with Gasteiger partial charge in [-0.15, -0.1) is 0 Å². The molecule has 92 valence electrons. The third-order valence-corrected chi connectivity index (χ3v) is 3.80. The Morgan fingerprint density at radius 1 is 1.06 bits per heavy atom. The van der Waals surface area contributed by atoms with Gasteiger partial charge in [-0.1, -0.05) is 12.8 Å². The minimum Gasteiger partial charge on any atom is -0.356 e. The molecule has 3 rings (SSSR count). The molecule has 0 aromatic carbocycles. The fourth-order valence-electron chi connectivity index (χ4n) is 2.72. The second kappa shape index (κ2) is 4.74. The number of nitrogens with one attached hydrogen (secondary N) is 2. The molecule has 2 aliphatic heterocycles. The van der Waals surface area contributed by atoms with Gasteiger partial charge in [0.05, 0.1) is 0 Å². The molecule has 0 radical (unpaired) electrons. The number of hydrogen-bond donors (Lipinski definition) is 2. The summed E-state index contributed by atoms with van der Waals surface area (Å²) in [4.78, 5) is 10.2. The Labute approximate surface area is 106 Å². The molecule has 0 aliphatic carbocycles. The fourth-order valence-corrected chi connectivity index (χ4v) is 2.93. The lowest BCUT2D eigenvalue weighted by atomic mass is 10.2. The molecule has 0 saturated carbocycles. The Morgan fingerprint density at radius 3 is 2.59 bits per heavy atom. The highest BCUT2D eigenvalue weighted by atomic mass is 32.1. The van der Waals surface area contributed by atoms with Gasteiger partial charge < -0.3 is 15.2 Å². The van der Waals surface area contributed by atoms with E-state index in [2.05, 4.69) is 20.2 Å². The lowest BCUT2D eigenvalue weighted by Crippen LogP contribution is -2.26. The molecule has 2 aliphatic rings. The van der Waals surface area contributed by atoms with Crippen LogP contribution >= 0.6 is 12.2 Å². The molecule has 1 saturated heterocycles. The van der Waals surface area contributed by atoms with Gasteiger partial charge in [0.1, 0.15) is 5.82 Å². The quantitative estimate of drug-likeness (QED) is 0.749. The van der Waals surface area contributed by atoms with E-state index < -0.39 is 0 Å². The van der Waals surface area contributed by atoms with E-state index in [9.17, 15) is 0 Å². The zero-order valence-corrected chi connectivity index (χ0v) is 10.8. The van der Waals surface area contributed by atoms with Crippen molar-refractivity contribution in [1.29, 1.82) is 0 Å². The minimum atomic E-state index is 0.617. The monoisotopic (exact) mass is 250 g/mol. The average molecular weight is 250 g/mol. The smallest absolute Gasteiger partial charge is 0.199 e. The van der Waals surface area contributed by atoms with Gasteiger partial charge in [0.25, 0.3) is 0 Å². The summed E-state index contributed by atoms with van der Waals surface area (Å²) >= 11 is 5.22. The Morgan fingerprint density at radius 2 is 1.82 bits per heavy atom. The van der Waals surface area contributed by atoms with E-state index in [4.69, 9.17) is 12.2 Å². The maximum atomic E-state index is 5.22. The highest BCUT2D eigenvalue weighted by Crippen LogP contribution is 2.25. The highest BCUT2D eigenvalue weighted by molar-refractivity contribution is 7.71. The number of fused-ring (bicyclic) bond motifs is 1. The molecule has 1 fully saturated rings. The van der Waals surface area contributed by atoms with Gasteiger partial charge in [-0.05, 0) is 25.1 Å². The fraction of sp³-hybridized carbons (Fsp3) is 0.667. The van der Waals surface area contributed by atoms with E-state index in [1.807, 2.05) is 0 Å². The predicted molar refractivity (Wildman–Crippen MR) is 70.6 cm³/mol. The van der Waals surface area contributed by atoms with Crippen LogP contribution in [0.5, 0.6) is 0 Å². The summed E-state index contributed by atoms with van der Waals surface area (Å²) < 4.78 is 0.617. The maximum Gasteiger partial charge on any atom is 0.199 e. The van der Waals surface area contributed by atoms with Crippen molar-refractivity contribution in [3.8, 4) is 0 Å². The normalized spacial score (nSPS) is 20.1. The van der Waals surface area contributed by atoms with Crippen LogP contribution in [0.15, 0.2) is 0 Å². The Balaban J connectivity index is 1.98. The molecule has 4 nitrogen and oxygen atoms in total. The molecule has 17 heavy (non-hydrogen) atoms. The van der Waals surface area contributed by atoms with Crippen LogP contribution in [0.2, 0.25) is 0 Å². The molecule has 0 bridgehead atoms. The Kier molecular flexibility index (Phi) is 3.11. The van der Waals surface area contributed by atoms with E-state index in [1.54, 1.807) is 0 Å². The standard InChI is InChI=1S/C12H18N4S/c17-12-14-10-8-13-7-9(10)11(15-12)16-5-3-1-2-4-6-16/h13H,1-8H2,(H,14,15,17). The van der Waals surface area contributed by atoms with E-state index in [1.165, 1.54) is 36.9 Å². The molecular formula is C12H18N4S. The molecular weight excluding hydrogens is 232 g/mol. The largest absolute Gasteiger partial charge is 0.356 e. The Hall–Kier alpha value is -0.940. The summed E-state index contributed by atoms with van der Waals surface area (Å²) in [5.41, 5.74) is 2.55. The number of nitrogens with zero attached hydrogens (tertiary/aromatic N) is 2. The first-order valence-electron chi connectivity index (χ1n) is 6.42. The van der Waals surface area contributed by atoms with E-state index >= 15 is 0 Å². The first-order valence-corrected chi connectivity index (χ1v) is 6.83. The van der Waals surface area contributed by atoms with E-state index in [0.717, 1.165) is 32.0 Å². The van der Waals surface area contributed by atoms with Crippen molar-refractivity contribution in [2.24, 2.45) is 0 Å². The lowest BCUT2D eigenvalue weighted by Gasteiger charge is -2.23. The van der Waals surface area contributed by atoms with Crippen molar-refractivity contribution in [3.63, 3.8) is 0 Å². The summed E-state index contributed by atoms with van der Waals surface area (Å²) in [6.07, 6.45) is 5.23. The van der Waals surface area contributed by atoms with Gasteiger partial charge in [-0.2, -0.15) is 0 Å². The molecule has 2 N–H and O–H groups in total. The first kappa shape index (κ1) is 11.2. The topological polar surface area (TPSA) is 44.0 Å². The summed E-state index contributed by atoms with van der Waals surface area (Å²) in [5.74, 6) is 1.12. The number of H-pyrrole nitrogens is 1. The second-order valence-electron chi connectivity index (χ2n) is 4.83. The van der Waals surface area contributed by atoms with Crippen LogP contribution in [-0.4, -0.2) is 23.1 Å². The van der Waals surface area contributed by atoms with Crippen LogP contribution < -0.4 is 10.2 Å². The van der Waals surface area contributed by atoms with Crippen molar-refractivity contribution in [1.82, 2.24) is 15.3 Å². The molecule has 3 heterocycles. The van der Waals surface area contributed by atoms with Crippen molar-refractivity contribution in [2.75, 3.05) is 18.0 Å². The number of anilines is 1. The third kappa shape index (κ3) is 2.21. The van der Waals surface area contributed by atoms with Crippen LogP contribution in [-0.2, 0) is 13.1 Å². The van der Waals surface area contributed by atoms with Crippen LogP contribution in [0.4, 0.5) is 5.82 Å². The zero-order valence-electron chi connectivity index (χ0n) is 9.96. The van der Waals surface area contributed by atoms with Gasteiger partial charge in [0, 0.05) is 37.4 Å². The molecule has 5 heteroatoms. The van der Waals surface area contributed by atoms with Crippen molar-refractivity contribution in [3.05, 3.63) is 16.0 Å². The Bertz CT molecular complexity index is 460. The SMILES string of the molecule is S=c1nc(N2CCCCCC2)c2c([nH]1)CNC2. The summed E-state index contributed by atoms with van der Waals surface area (Å²) in [6.45, 7) is 4.05. The number of aromatic nitrogens is 2. The maximum absolute atomic E-state index is 5.22. The van der Waals surface area contributed by atoms with E-state index in [0.29, 0.717) is 4.77 Å². The van der Waals surface area contributed by atoms with Crippen LogP contribution in [0.25, 0.3) is 0 Å². The zero-order chi connectivity index (χ0) is 11.7. The first-order chi connectivity index (χ1) is 8.34. The van der Waals surface area contributed by atoms with Crippen LogP contribution in [0.3, 0.4) is 0 Å².